The Morgan fingerprint density at radius 2 is 1.78 bits per heavy atom. The minimum absolute atomic E-state index is 0.0910. The van der Waals surface area contributed by atoms with Crippen LogP contribution < -0.4 is 21.9 Å². The molecule has 0 atom stereocenters. The number of carbonyl (C=O) groups is 2. The zero-order valence-electron chi connectivity index (χ0n) is 20.5. The fourth-order valence-electron chi connectivity index (χ4n) is 4.27. The molecule has 0 aliphatic carbocycles. The van der Waals surface area contributed by atoms with Crippen molar-refractivity contribution < 1.29 is 14.3 Å². The van der Waals surface area contributed by atoms with Crippen molar-refractivity contribution in [2.75, 3.05) is 23.8 Å². The van der Waals surface area contributed by atoms with Gasteiger partial charge in [0.05, 0.1) is 6.54 Å². The number of benzene rings is 2. The van der Waals surface area contributed by atoms with Crippen molar-refractivity contribution in [3.05, 3.63) is 92.8 Å². The zero-order chi connectivity index (χ0) is 26.4. The minimum Gasteiger partial charge on any atom is -0.456 e. The van der Waals surface area contributed by atoms with Crippen molar-refractivity contribution in [3.63, 3.8) is 0 Å². The summed E-state index contributed by atoms with van der Waals surface area (Å²) in [7, 11) is 0. The summed E-state index contributed by atoms with van der Waals surface area (Å²) in [5.41, 5.74) is 7.52. The maximum atomic E-state index is 12.9. The first-order valence-corrected chi connectivity index (χ1v) is 12.1. The largest absolute Gasteiger partial charge is 0.456 e. The number of rotatable bonds is 10. The van der Waals surface area contributed by atoms with Crippen molar-refractivity contribution in [2.24, 2.45) is 0 Å². The van der Waals surface area contributed by atoms with Gasteiger partial charge in [-0.25, -0.2) is 4.79 Å². The third-order valence-corrected chi connectivity index (χ3v) is 6.14. The highest BCUT2D eigenvalue weighted by Gasteiger charge is 2.24. The number of aryl methyl sites for hydroxylation is 1. The third kappa shape index (κ3) is 5.80. The van der Waals surface area contributed by atoms with Crippen LogP contribution in [-0.2, 0) is 27.3 Å². The van der Waals surface area contributed by atoms with E-state index in [1.54, 1.807) is 6.92 Å². The second kappa shape index (κ2) is 11.4. The molecule has 2 heterocycles. The summed E-state index contributed by atoms with van der Waals surface area (Å²) in [5, 5.41) is 1.11. The molecule has 0 saturated carbocycles. The predicted octanol–water partition coefficient (Wildman–Crippen LogP) is 2.57. The first-order chi connectivity index (χ1) is 17.9. The van der Waals surface area contributed by atoms with Crippen LogP contribution in [0.4, 0.5) is 11.5 Å². The van der Waals surface area contributed by atoms with Gasteiger partial charge in [0, 0.05) is 30.1 Å². The highest BCUT2D eigenvalue weighted by Crippen LogP contribution is 2.20. The van der Waals surface area contributed by atoms with Crippen LogP contribution in [0.5, 0.6) is 0 Å². The molecule has 0 radical (unpaired) electrons. The number of amides is 1. The van der Waals surface area contributed by atoms with E-state index in [0.717, 1.165) is 26.9 Å². The second-order valence-corrected chi connectivity index (χ2v) is 8.58. The Bertz CT molecular complexity index is 1520. The number of para-hydroxylation sites is 1. The number of ether oxygens (including phenoxy) is 1. The number of nitrogen functional groups attached to an aromatic ring is 1. The van der Waals surface area contributed by atoms with E-state index in [1.807, 2.05) is 60.8 Å². The maximum Gasteiger partial charge on any atom is 0.330 e. The van der Waals surface area contributed by atoms with Crippen molar-refractivity contribution >= 4 is 34.3 Å². The molecule has 0 spiro atoms. The van der Waals surface area contributed by atoms with Crippen molar-refractivity contribution in [1.82, 2.24) is 14.5 Å². The van der Waals surface area contributed by atoms with Crippen LogP contribution in [0.1, 0.15) is 30.9 Å². The van der Waals surface area contributed by atoms with Crippen LogP contribution in [0.15, 0.2) is 70.4 Å². The SMILES string of the molecule is CCN(C(=O)COC(=O)CCCc1c[nH]c2ccccc12)c1c(N)n(Cc2ccccc2)c(=O)[nH]c1=O. The van der Waals surface area contributed by atoms with Gasteiger partial charge in [-0.2, -0.15) is 0 Å². The molecule has 0 unspecified atom stereocenters. The number of hydrogen-bond donors (Lipinski definition) is 3. The molecule has 0 saturated heterocycles. The van der Waals surface area contributed by atoms with E-state index in [2.05, 4.69) is 9.97 Å². The third-order valence-electron chi connectivity index (χ3n) is 6.14. The average molecular weight is 504 g/mol. The molecule has 2 aromatic carbocycles. The topological polar surface area (TPSA) is 143 Å². The number of nitrogens with zero attached hydrogens (tertiary/aromatic N) is 2. The lowest BCUT2D eigenvalue weighted by Crippen LogP contribution is -2.42. The lowest BCUT2D eigenvalue weighted by molar-refractivity contribution is -0.147. The number of fused-ring (bicyclic) bond motifs is 1. The van der Waals surface area contributed by atoms with E-state index >= 15 is 0 Å². The fraction of sp³-hybridized carbons (Fsp3) is 0.259. The number of esters is 1. The average Bonchev–Trinajstić information content (AvgIpc) is 3.31. The van der Waals surface area contributed by atoms with E-state index in [4.69, 9.17) is 10.5 Å². The lowest BCUT2D eigenvalue weighted by Gasteiger charge is -2.23. The van der Waals surface area contributed by atoms with Gasteiger partial charge < -0.3 is 20.4 Å². The Morgan fingerprint density at radius 3 is 2.54 bits per heavy atom. The molecule has 4 rings (SSSR count). The van der Waals surface area contributed by atoms with Crippen LogP contribution in [0, 0.1) is 0 Å². The van der Waals surface area contributed by atoms with Crippen LogP contribution >= 0.6 is 0 Å². The first kappa shape index (κ1) is 25.5. The Kier molecular flexibility index (Phi) is 7.87. The summed E-state index contributed by atoms with van der Waals surface area (Å²) in [6.07, 6.45) is 3.31. The monoisotopic (exact) mass is 503 g/mol. The van der Waals surface area contributed by atoms with Gasteiger partial charge in [0.25, 0.3) is 11.5 Å². The van der Waals surface area contributed by atoms with Gasteiger partial charge in [-0.05, 0) is 37.0 Å². The van der Waals surface area contributed by atoms with Crippen LogP contribution in [0.2, 0.25) is 0 Å². The number of hydrogen-bond acceptors (Lipinski definition) is 6. The van der Waals surface area contributed by atoms with Crippen LogP contribution in [-0.4, -0.2) is 39.6 Å². The van der Waals surface area contributed by atoms with Gasteiger partial charge in [-0.3, -0.25) is 23.9 Å². The van der Waals surface area contributed by atoms with Crippen molar-refractivity contribution in [2.45, 2.75) is 32.7 Å². The number of nitrogens with one attached hydrogen (secondary N) is 2. The Morgan fingerprint density at radius 1 is 1.05 bits per heavy atom. The molecule has 0 aliphatic rings. The van der Waals surface area contributed by atoms with Crippen molar-refractivity contribution in [3.8, 4) is 0 Å². The quantitative estimate of drug-likeness (QED) is 0.284. The van der Waals surface area contributed by atoms with E-state index in [1.165, 1.54) is 4.57 Å². The molecule has 10 heteroatoms. The van der Waals surface area contributed by atoms with Gasteiger partial charge in [-0.1, -0.05) is 48.5 Å². The highest BCUT2D eigenvalue weighted by molar-refractivity contribution is 5.97. The van der Waals surface area contributed by atoms with Gasteiger partial charge in [0.1, 0.15) is 5.82 Å². The summed E-state index contributed by atoms with van der Waals surface area (Å²) >= 11 is 0. The van der Waals surface area contributed by atoms with Crippen molar-refractivity contribution in [1.29, 1.82) is 0 Å². The van der Waals surface area contributed by atoms with E-state index < -0.39 is 29.7 Å². The molecule has 37 heavy (non-hydrogen) atoms. The molecule has 0 fully saturated rings. The van der Waals surface area contributed by atoms with E-state index in [-0.39, 0.29) is 31.0 Å². The standard InChI is InChI=1S/C27H29N5O5/c1-2-31(24-25(28)32(27(36)30-26(24)35)16-18-9-4-3-5-10-18)22(33)17-37-23(34)14-8-11-19-15-29-21-13-7-6-12-20(19)21/h3-7,9-10,12-13,15,29H,2,8,11,14,16-17,28H2,1H3,(H,30,35,36). The summed E-state index contributed by atoms with van der Waals surface area (Å²) < 4.78 is 6.38. The second-order valence-electron chi connectivity index (χ2n) is 8.58. The molecule has 0 bridgehead atoms. The molecule has 0 aliphatic heterocycles. The number of aromatic amines is 2. The van der Waals surface area contributed by atoms with Gasteiger partial charge in [0.15, 0.2) is 12.3 Å². The van der Waals surface area contributed by atoms with Gasteiger partial charge >= 0.3 is 11.7 Å². The molecular formula is C27H29N5O5. The summed E-state index contributed by atoms with van der Waals surface area (Å²) in [4.78, 5) is 56.8. The fourth-order valence-corrected chi connectivity index (χ4v) is 4.27. The predicted molar refractivity (Wildman–Crippen MR) is 142 cm³/mol. The molecule has 4 N–H and O–H groups in total. The summed E-state index contributed by atoms with van der Waals surface area (Å²) in [5.74, 6) is -1.27. The summed E-state index contributed by atoms with van der Waals surface area (Å²) in [6, 6.07) is 17.0. The van der Waals surface area contributed by atoms with Gasteiger partial charge in [0.2, 0.25) is 0 Å². The highest BCUT2D eigenvalue weighted by atomic mass is 16.5. The molecular weight excluding hydrogens is 474 g/mol. The number of carbonyl (C=O) groups excluding carboxylic acids is 2. The van der Waals surface area contributed by atoms with Crippen LogP contribution in [0.3, 0.4) is 0 Å². The minimum atomic E-state index is -0.785. The molecule has 1 amide bonds. The molecule has 2 aromatic heterocycles. The normalized spacial score (nSPS) is 10.9. The Balaban J connectivity index is 1.38. The van der Waals surface area contributed by atoms with Crippen LogP contribution in [0.25, 0.3) is 10.9 Å². The molecule has 4 aromatic rings. The number of aromatic nitrogens is 3. The number of anilines is 2. The molecule has 10 nitrogen and oxygen atoms in total. The number of likely N-dealkylation sites (N-methyl/N-ethyl adjacent to an activating group) is 1. The van der Waals surface area contributed by atoms with Gasteiger partial charge in [-0.15, -0.1) is 0 Å². The number of H-pyrrole nitrogens is 2. The van der Waals surface area contributed by atoms with E-state index in [0.29, 0.717) is 12.8 Å². The maximum absolute atomic E-state index is 12.9. The Hall–Kier alpha value is -4.60. The number of nitrogens with two attached hydrogens (primary N) is 1. The zero-order valence-corrected chi connectivity index (χ0v) is 20.5. The lowest BCUT2D eigenvalue weighted by atomic mass is 10.1. The molecule has 192 valence electrons. The van der Waals surface area contributed by atoms with E-state index in [9.17, 15) is 19.2 Å². The smallest absolute Gasteiger partial charge is 0.330 e. The summed E-state index contributed by atoms with van der Waals surface area (Å²) in [6.45, 7) is 1.32. The Labute approximate surface area is 212 Å². The first-order valence-electron chi connectivity index (χ1n) is 12.1.